The molecule has 176 valence electrons. The summed E-state index contributed by atoms with van der Waals surface area (Å²) in [5, 5.41) is 0. The summed E-state index contributed by atoms with van der Waals surface area (Å²) in [6.07, 6.45) is 5.34. The molecule has 0 aliphatic heterocycles. The maximum absolute atomic E-state index is 13.1. The third-order valence-electron chi connectivity index (χ3n) is 5.25. The summed E-state index contributed by atoms with van der Waals surface area (Å²) in [5.74, 6) is -0.445. The minimum atomic E-state index is -0.687. The number of aromatic nitrogens is 2. The third-order valence-corrected chi connectivity index (χ3v) is 5.25. The molecule has 2 aromatic heterocycles. The van der Waals surface area contributed by atoms with Gasteiger partial charge in [-0.05, 0) is 41.8 Å². The van der Waals surface area contributed by atoms with Crippen LogP contribution < -0.4 is 4.74 Å². The maximum Gasteiger partial charge on any atom is 0.344 e. The lowest BCUT2D eigenvalue weighted by atomic mass is 10.1. The maximum atomic E-state index is 13.1. The fraction of sp³-hybridized carbons (Fsp3) is 0.143. The lowest BCUT2D eigenvalue weighted by Crippen LogP contribution is -2.36. The van der Waals surface area contributed by atoms with Crippen LogP contribution in [0.15, 0.2) is 104 Å². The van der Waals surface area contributed by atoms with E-state index in [-0.39, 0.29) is 24.0 Å². The molecule has 7 nitrogen and oxygen atoms in total. The van der Waals surface area contributed by atoms with Gasteiger partial charge in [-0.1, -0.05) is 60.7 Å². The van der Waals surface area contributed by atoms with Gasteiger partial charge in [-0.2, -0.15) is 0 Å². The van der Waals surface area contributed by atoms with E-state index in [1.807, 2.05) is 60.7 Å². The van der Waals surface area contributed by atoms with Gasteiger partial charge in [0.05, 0.1) is 6.20 Å². The van der Waals surface area contributed by atoms with Crippen molar-refractivity contribution in [2.45, 2.75) is 13.0 Å². The Kier molecular flexibility index (Phi) is 8.16. The van der Waals surface area contributed by atoms with Gasteiger partial charge < -0.3 is 14.4 Å². The Morgan fingerprint density at radius 1 is 0.800 bits per heavy atom. The van der Waals surface area contributed by atoms with Crippen molar-refractivity contribution < 1.29 is 19.1 Å². The summed E-state index contributed by atoms with van der Waals surface area (Å²) in [7, 11) is 0. The minimum absolute atomic E-state index is 0.0863. The second kappa shape index (κ2) is 12.1. The Hall–Kier alpha value is -4.52. The summed E-state index contributed by atoms with van der Waals surface area (Å²) in [5.41, 5.74) is 2.26. The van der Waals surface area contributed by atoms with Crippen LogP contribution in [0.25, 0.3) is 0 Å². The van der Waals surface area contributed by atoms with E-state index in [9.17, 15) is 9.59 Å². The number of rotatable bonds is 10. The number of amides is 1. The number of carbonyl (C=O) groups excluding carboxylic acids is 2. The van der Waals surface area contributed by atoms with Crippen molar-refractivity contribution in [3.63, 3.8) is 0 Å². The molecule has 4 aromatic rings. The van der Waals surface area contributed by atoms with Crippen LogP contribution in [0.5, 0.6) is 11.6 Å². The van der Waals surface area contributed by atoms with Crippen molar-refractivity contribution in [3.8, 4) is 11.6 Å². The highest BCUT2D eigenvalue weighted by atomic mass is 16.5. The molecular weight excluding hydrogens is 442 g/mol. The van der Waals surface area contributed by atoms with Gasteiger partial charge >= 0.3 is 5.97 Å². The molecule has 0 aliphatic carbocycles. The molecule has 0 fully saturated rings. The zero-order valence-corrected chi connectivity index (χ0v) is 19.1. The van der Waals surface area contributed by atoms with Crippen molar-refractivity contribution in [2.75, 3.05) is 13.2 Å². The van der Waals surface area contributed by atoms with E-state index in [1.54, 1.807) is 35.4 Å². The second-order valence-electron chi connectivity index (χ2n) is 7.76. The Bertz CT molecular complexity index is 1230. The average Bonchev–Trinajstić information content (AvgIpc) is 2.91. The molecule has 1 amide bonds. The van der Waals surface area contributed by atoms with Gasteiger partial charge in [0.15, 0.2) is 6.61 Å². The third kappa shape index (κ3) is 6.98. The van der Waals surface area contributed by atoms with Gasteiger partial charge in [0.1, 0.15) is 11.3 Å². The van der Waals surface area contributed by atoms with Crippen LogP contribution in [0.3, 0.4) is 0 Å². The molecule has 0 unspecified atom stereocenters. The van der Waals surface area contributed by atoms with Gasteiger partial charge in [-0.3, -0.25) is 9.78 Å². The SMILES string of the molecule is O=C(OCC(=O)N(CCc1ccccc1)Cc1ccccc1)c1cccnc1Oc1cccnc1. The number of hydrogen-bond acceptors (Lipinski definition) is 6. The van der Waals surface area contributed by atoms with Crippen LogP contribution in [0, 0.1) is 0 Å². The van der Waals surface area contributed by atoms with Gasteiger partial charge in [0, 0.05) is 25.5 Å². The second-order valence-corrected chi connectivity index (χ2v) is 7.76. The highest BCUT2D eigenvalue weighted by molar-refractivity contribution is 5.93. The highest BCUT2D eigenvalue weighted by Gasteiger charge is 2.20. The quantitative estimate of drug-likeness (QED) is 0.315. The van der Waals surface area contributed by atoms with E-state index in [0.29, 0.717) is 25.3 Å². The van der Waals surface area contributed by atoms with E-state index in [4.69, 9.17) is 9.47 Å². The lowest BCUT2D eigenvalue weighted by Gasteiger charge is -2.23. The average molecular weight is 468 g/mol. The Labute approximate surface area is 204 Å². The number of hydrogen-bond donors (Lipinski definition) is 0. The van der Waals surface area contributed by atoms with Crippen LogP contribution in [0.2, 0.25) is 0 Å². The number of benzene rings is 2. The predicted molar refractivity (Wildman–Crippen MR) is 131 cm³/mol. The number of ether oxygens (including phenoxy) is 2. The molecule has 0 saturated carbocycles. The summed E-state index contributed by atoms with van der Waals surface area (Å²) >= 11 is 0. The first-order valence-electron chi connectivity index (χ1n) is 11.2. The van der Waals surface area contributed by atoms with Gasteiger partial charge in [0.2, 0.25) is 5.88 Å². The van der Waals surface area contributed by atoms with E-state index >= 15 is 0 Å². The van der Waals surface area contributed by atoms with E-state index in [1.165, 1.54) is 12.4 Å². The fourth-order valence-corrected chi connectivity index (χ4v) is 3.45. The molecule has 7 heteroatoms. The number of pyridine rings is 2. The molecule has 0 saturated heterocycles. The first-order valence-corrected chi connectivity index (χ1v) is 11.2. The van der Waals surface area contributed by atoms with Gasteiger partial charge in [-0.25, -0.2) is 9.78 Å². The van der Waals surface area contributed by atoms with Crippen molar-refractivity contribution in [1.82, 2.24) is 14.9 Å². The predicted octanol–water partition coefficient (Wildman–Crippen LogP) is 4.70. The first-order chi connectivity index (χ1) is 17.2. The smallest absolute Gasteiger partial charge is 0.344 e. The standard InChI is InChI=1S/C28H25N3O4/c32-26(31(20-23-11-5-2-6-12-23)18-15-22-9-3-1-4-10-22)21-34-28(33)25-14-8-17-30-27(25)35-24-13-7-16-29-19-24/h1-14,16-17,19H,15,18,20-21H2. The van der Waals surface area contributed by atoms with Crippen molar-refractivity contribution in [2.24, 2.45) is 0 Å². The monoisotopic (exact) mass is 467 g/mol. The highest BCUT2D eigenvalue weighted by Crippen LogP contribution is 2.22. The molecule has 0 bridgehead atoms. The van der Waals surface area contributed by atoms with Crippen LogP contribution in [-0.4, -0.2) is 39.9 Å². The molecule has 35 heavy (non-hydrogen) atoms. The number of nitrogens with zero attached hydrogens (tertiary/aromatic N) is 3. The van der Waals surface area contributed by atoms with Crippen molar-refractivity contribution in [3.05, 3.63) is 120 Å². The lowest BCUT2D eigenvalue weighted by molar-refractivity contribution is -0.135. The van der Waals surface area contributed by atoms with Crippen molar-refractivity contribution >= 4 is 11.9 Å². The Morgan fingerprint density at radius 3 is 2.23 bits per heavy atom. The van der Waals surface area contributed by atoms with Crippen LogP contribution >= 0.6 is 0 Å². The first kappa shape index (κ1) is 23.6. The number of carbonyl (C=O) groups is 2. The molecule has 0 radical (unpaired) electrons. The molecule has 0 aliphatic rings. The van der Waals surface area contributed by atoms with Gasteiger partial charge in [0.25, 0.3) is 5.91 Å². The summed E-state index contributed by atoms with van der Waals surface area (Å²) in [6.45, 7) is 0.533. The normalized spacial score (nSPS) is 10.4. The van der Waals surface area contributed by atoms with Gasteiger partial charge in [-0.15, -0.1) is 0 Å². The minimum Gasteiger partial charge on any atom is -0.452 e. The molecule has 0 N–H and O–H groups in total. The fourth-order valence-electron chi connectivity index (χ4n) is 3.45. The largest absolute Gasteiger partial charge is 0.452 e. The van der Waals surface area contributed by atoms with Crippen LogP contribution in [-0.2, 0) is 22.5 Å². The zero-order valence-electron chi connectivity index (χ0n) is 19.1. The molecule has 4 rings (SSSR count). The summed E-state index contributed by atoms with van der Waals surface area (Å²) < 4.78 is 11.1. The molecule has 0 atom stereocenters. The van der Waals surface area contributed by atoms with E-state index < -0.39 is 5.97 Å². The zero-order chi connectivity index (χ0) is 24.3. The summed E-state index contributed by atoms with van der Waals surface area (Å²) in [6, 6.07) is 26.2. The number of esters is 1. The molecular formula is C28H25N3O4. The Morgan fingerprint density at radius 2 is 1.51 bits per heavy atom. The Balaban J connectivity index is 1.41. The molecule has 2 heterocycles. The summed E-state index contributed by atoms with van der Waals surface area (Å²) in [4.78, 5) is 35.7. The van der Waals surface area contributed by atoms with Crippen LogP contribution in [0.4, 0.5) is 0 Å². The van der Waals surface area contributed by atoms with E-state index in [2.05, 4.69) is 9.97 Å². The topological polar surface area (TPSA) is 81.6 Å². The van der Waals surface area contributed by atoms with Crippen molar-refractivity contribution in [1.29, 1.82) is 0 Å². The van der Waals surface area contributed by atoms with Crippen LogP contribution in [0.1, 0.15) is 21.5 Å². The van der Waals surface area contributed by atoms with E-state index in [0.717, 1.165) is 11.1 Å². The molecule has 0 spiro atoms. The molecule has 2 aromatic carbocycles.